The van der Waals surface area contributed by atoms with Crippen LogP contribution in [0.4, 0.5) is 0 Å². The Hall–Kier alpha value is -2.33. The number of rotatable bonds is 5. The minimum absolute atomic E-state index is 0.00556. The van der Waals surface area contributed by atoms with Crippen LogP contribution in [0.5, 0.6) is 0 Å². The van der Waals surface area contributed by atoms with Crippen LogP contribution in [0.25, 0.3) is 0 Å². The third-order valence-electron chi connectivity index (χ3n) is 4.01. The van der Waals surface area contributed by atoms with E-state index in [4.69, 9.17) is 10.5 Å². The summed E-state index contributed by atoms with van der Waals surface area (Å²) in [5.41, 5.74) is 6.00. The fourth-order valence-corrected chi connectivity index (χ4v) is 2.80. The first-order valence-electron chi connectivity index (χ1n) is 7.80. The summed E-state index contributed by atoms with van der Waals surface area (Å²) in [4.78, 5) is 15.6. The fourth-order valence-electron chi connectivity index (χ4n) is 2.80. The van der Waals surface area contributed by atoms with Crippen molar-refractivity contribution in [2.45, 2.75) is 19.3 Å². The van der Waals surface area contributed by atoms with Gasteiger partial charge in [-0.2, -0.15) is 5.26 Å². The van der Waals surface area contributed by atoms with Gasteiger partial charge in [-0.05, 0) is 18.9 Å². The minimum Gasteiger partial charge on any atom is -0.492 e. The lowest BCUT2D eigenvalue weighted by Crippen LogP contribution is -2.35. The molecule has 1 saturated heterocycles. The first kappa shape index (κ1) is 17.0. The summed E-state index contributed by atoms with van der Waals surface area (Å²) in [6.45, 7) is 1.45. The van der Waals surface area contributed by atoms with E-state index in [0.717, 1.165) is 12.3 Å². The number of aliphatic imine (C=N–C) groups is 1. The van der Waals surface area contributed by atoms with E-state index < -0.39 is 0 Å². The van der Waals surface area contributed by atoms with Crippen LogP contribution in [0.2, 0.25) is 0 Å². The number of hydrogen-bond acceptors (Lipinski definition) is 5. The normalized spacial score (nSPS) is 24.9. The van der Waals surface area contributed by atoms with Crippen LogP contribution >= 0.6 is 0 Å². The van der Waals surface area contributed by atoms with Crippen molar-refractivity contribution in [1.82, 2.24) is 10.6 Å². The summed E-state index contributed by atoms with van der Waals surface area (Å²) in [5.74, 6) is 1.63. The second-order valence-electron chi connectivity index (χ2n) is 5.61. The first-order valence-corrected chi connectivity index (χ1v) is 7.80. The Labute approximate surface area is 136 Å². The lowest BCUT2D eigenvalue weighted by molar-refractivity contribution is -0.124. The highest BCUT2D eigenvalue weighted by Crippen LogP contribution is 2.25. The molecule has 0 radical (unpaired) electrons. The standard InChI is InChI=1S/C16H23N5O2/c1-19-16(21-10-18)12-2-3-14(13(7-12)8-17)23-9-11-4-5-20-15(22)6-11/h3,7,11-12H,2,4-6,9-10,18H2,1H3,(H,19,21)(H,20,22). The van der Waals surface area contributed by atoms with Gasteiger partial charge in [-0.25, -0.2) is 0 Å². The predicted octanol–water partition coefficient (Wildman–Crippen LogP) is 0.417. The van der Waals surface area contributed by atoms with Gasteiger partial charge in [0.2, 0.25) is 5.91 Å². The number of allylic oxidation sites excluding steroid dienone is 2. The molecule has 7 heteroatoms. The quantitative estimate of drug-likeness (QED) is 0.386. The molecular weight excluding hydrogens is 294 g/mol. The van der Waals surface area contributed by atoms with Crippen LogP contribution < -0.4 is 16.4 Å². The molecule has 1 amide bonds. The Morgan fingerprint density at radius 3 is 3.13 bits per heavy atom. The Balaban J connectivity index is 1.96. The van der Waals surface area contributed by atoms with Gasteiger partial charge in [0.15, 0.2) is 0 Å². The number of carbonyl (C=O) groups is 1. The molecule has 0 aromatic rings. The Morgan fingerprint density at radius 2 is 2.48 bits per heavy atom. The van der Waals surface area contributed by atoms with Gasteiger partial charge in [-0.15, -0.1) is 0 Å². The van der Waals surface area contributed by atoms with Crippen molar-refractivity contribution >= 4 is 11.7 Å². The molecule has 7 nitrogen and oxygen atoms in total. The van der Waals surface area contributed by atoms with Gasteiger partial charge in [-0.1, -0.05) is 6.08 Å². The number of amides is 1. The van der Waals surface area contributed by atoms with Crippen molar-refractivity contribution in [1.29, 1.82) is 5.26 Å². The highest BCUT2D eigenvalue weighted by molar-refractivity contribution is 5.87. The monoisotopic (exact) mass is 317 g/mol. The fraction of sp³-hybridized carbons (Fsp3) is 0.562. The second kappa shape index (κ2) is 8.34. The molecule has 1 aliphatic heterocycles. The highest BCUT2D eigenvalue weighted by atomic mass is 16.5. The molecule has 2 rings (SSSR count). The SMILES string of the molecule is CN=C(NCN)C1C=C(C#N)C(OCC2CCNC(=O)C2)=CC1. The minimum atomic E-state index is 0.00556. The first-order chi connectivity index (χ1) is 11.2. The number of piperidine rings is 1. The van der Waals surface area contributed by atoms with Gasteiger partial charge < -0.3 is 21.1 Å². The molecule has 0 spiro atoms. The van der Waals surface area contributed by atoms with Crippen molar-refractivity contribution in [2.24, 2.45) is 22.6 Å². The molecular formula is C16H23N5O2. The van der Waals surface area contributed by atoms with E-state index >= 15 is 0 Å². The molecule has 4 N–H and O–H groups in total. The van der Waals surface area contributed by atoms with E-state index in [0.29, 0.717) is 44.0 Å². The maximum Gasteiger partial charge on any atom is 0.220 e. The van der Waals surface area contributed by atoms with E-state index in [9.17, 15) is 10.1 Å². The third-order valence-corrected chi connectivity index (χ3v) is 4.01. The van der Waals surface area contributed by atoms with Crippen LogP contribution in [0.15, 0.2) is 28.5 Å². The van der Waals surface area contributed by atoms with E-state index in [-0.39, 0.29) is 17.7 Å². The van der Waals surface area contributed by atoms with Crippen molar-refractivity contribution in [2.75, 3.05) is 26.9 Å². The largest absolute Gasteiger partial charge is 0.492 e. The molecule has 1 aliphatic carbocycles. The van der Waals surface area contributed by atoms with Gasteiger partial charge in [0.25, 0.3) is 0 Å². The summed E-state index contributed by atoms with van der Waals surface area (Å²) in [7, 11) is 1.70. The zero-order chi connectivity index (χ0) is 16.7. The van der Waals surface area contributed by atoms with Gasteiger partial charge in [0.05, 0.1) is 18.8 Å². The molecule has 2 aliphatic rings. The summed E-state index contributed by atoms with van der Waals surface area (Å²) in [5, 5.41) is 15.2. The van der Waals surface area contributed by atoms with Gasteiger partial charge in [0.1, 0.15) is 17.7 Å². The second-order valence-corrected chi connectivity index (χ2v) is 5.61. The molecule has 0 saturated carbocycles. The molecule has 0 bridgehead atoms. The number of amidine groups is 1. The summed E-state index contributed by atoms with van der Waals surface area (Å²) in [6.07, 6.45) is 5.85. The topological polar surface area (TPSA) is 113 Å². The van der Waals surface area contributed by atoms with E-state index in [2.05, 4.69) is 21.7 Å². The average Bonchev–Trinajstić information content (AvgIpc) is 2.58. The molecule has 2 unspecified atom stereocenters. The number of nitrogens with zero attached hydrogens (tertiary/aromatic N) is 2. The van der Waals surface area contributed by atoms with E-state index in [1.54, 1.807) is 7.05 Å². The summed E-state index contributed by atoms with van der Waals surface area (Å²) < 4.78 is 5.80. The molecule has 124 valence electrons. The summed E-state index contributed by atoms with van der Waals surface area (Å²) in [6, 6.07) is 2.18. The molecule has 2 atom stereocenters. The zero-order valence-corrected chi connectivity index (χ0v) is 13.3. The van der Waals surface area contributed by atoms with Gasteiger partial charge in [-0.3, -0.25) is 9.79 Å². The third kappa shape index (κ3) is 4.57. The molecule has 0 aromatic carbocycles. The van der Waals surface area contributed by atoms with Crippen LogP contribution in [0, 0.1) is 23.2 Å². The van der Waals surface area contributed by atoms with Crippen LogP contribution in [0.1, 0.15) is 19.3 Å². The molecule has 0 aromatic heterocycles. The zero-order valence-electron chi connectivity index (χ0n) is 13.3. The highest BCUT2D eigenvalue weighted by Gasteiger charge is 2.23. The number of nitriles is 1. The van der Waals surface area contributed by atoms with Crippen LogP contribution in [0.3, 0.4) is 0 Å². The van der Waals surface area contributed by atoms with E-state index in [1.807, 2.05) is 12.2 Å². The smallest absolute Gasteiger partial charge is 0.220 e. The number of nitrogens with two attached hydrogens (primary N) is 1. The van der Waals surface area contributed by atoms with Crippen molar-refractivity contribution < 1.29 is 9.53 Å². The predicted molar refractivity (Wildman–Crippen MR) is 87.1 cm³/mol. The molecule has 1 fully saturated rings. The van der Waals surface area contributed by atoms with Gasteiger partial charge >= 0.3 is 0 Å². The van der Waals surface area contributed by atoms with Crippen LogP contribution in [-0.4, -0.2) is 38.6 Å². The average molecular weight is 317 g/mol. The van der Waals surface area contributed by atoms with Crippen molar-refractivity contribution in [3.8, 4) is 6.07 Å². The number of nitrogens with one attached hydrogen (secondary N) is 2. The Bertz CT molecular complexity index is 574. The molecule has 23 heavy (non-hydrogen) atoms. The maximum absolute atomic E-state index is 11.4. The number of hydrogen-bond donors (Lipinski definition) is 3. The number of carbonyl (C=O) groups excluding carboxylic acids is 1. The lowest BCUT2D eigenvalue weighted by Gasteiger charge is -2.25. The van der Waals surface area contributed by atoms with Crippen molar-refractivity contribution in [3.05, 3.63) is 23.5 Å². The number of ether oxygens (including phenoxy) is 1. The Morgan fingerprint density at radius 1 is 1.65 bits per heavy atom. The van der Waals surface area contributed by atoms with Crippen LogP contribution in [-0.2, 0) is 9.53 Å². The lowest BCUT2D eigenvalue weighted by atomic mass is 9.94. The molecule has 1 heterocycles. The summed E-state index contributed by atoms with van der Waals surface area (Å²) >= 11 is 0. The van der Waals surface area contributed by atoms with Crippen molar-refractivity contribution in [3.63, 3.8) is 0 Å². The Kier molecular flexibility index (Phi) is 6.18. The van der Waals surface area contributed by atoms with Gasteiger partial charge in [0, 0.05) is 31.8 Å². The van der Waals surface area contributed by atoms with E-state index in [1.165, 1.54) is 0 Å². The maximum atomic E-state index is 11.4.